The van der Waals surface area contributed by atoms with Crippen molar-refractivity contribution in [1.29, 1.82) is 0 Å². The Balaban J connectivity index is 1.45. The Kier molecular flexibility index (Phi) is 5.67. The molecule has 3 heterocycles. The summed E-state index contributed by atoms with van der Waals surface area (Å²) in [6, 6.07) is 18.0. The number of amides is 1. The van der Waals surface area contributed by atoms with Crippen molar-refractivity contribution >= 4 is 17.4 Å². The number of likely N-dealkylation sites (tertiary alicyclic amines) is 1. The topological polar surface area (TPSA) is 85.3 Å². The molecule has 0 aliphatic carbocycles. The molecule has 0 radical (unpaired) electrons. The number of nitrogens with zero attached hydrogens (tertiary/aromatic N) is 1. The standard InChI is InChI=1S/C31H29NO6/c1-31(2,3)22-8-5-19(6-9-22)27-26(28(33)21-7-11-23-20(15-21)12-13-36-23)29(34)30(35)32(27)16-18-4-10-24-25(14-18)38-17-37-24/h4-11,14-15,27,33H,12-13,16-17H2,1-3H3/b28-26+. The zero-order chi connectivity index (χ0) is 26.6. The first kappa shape index (κ1) is 24.1. The number of Topliss-reactive ketones (excluding diaryl/α,β-unsaturated/α-hetero) is 1. The van der Waals surface area contributed by atoms with Crippen molar-refractivity contribution in [2.75, 3.05) is 13.4 Å². The van der Waals surface area contributed by atoms with Crippen LogP contribution in [0.25, 0.3) is 5.76 Å². The highest BCUT2D eigenvalue weighted by molar-refractivity contribution is 6.46. The first-order chi connectivity index (χ1) is 18.2. The molecule has 3 aromatic carbocycles. The summed E-state index contributed by atoms with van der Waals surface area (Å²) in [6.07, 6.45) is 0.729. The SMILES string of the molecule is CC(C)(C)c1ccc(C2/C(=C(\O)c3ccc4c(c3)CCO4)C(=O)C(=O)N2Cc2ccc3c(c2)OCO3)cc1. The number of hydrogen-bond acceptors (Lipinski definition) is 6. The van der Waals surface area contributed by atoms with Crippen LogP contribution < -0.4 is 14.2 Å². The average Bonchev–Trinajstić information content (AvgIpc) is 3.62. The molecule has 1 saturated heterocycles. The normalized spacial score (nSPS) is 19.6. The molecule has 0 saturated carbocycles. The van der Waals surface area contributed by atoms with Crippen molar-refractivity contribution in [1.82, 2.24) is 4.90 Å². The lowest BCUT2D eigenvalue weighted by Gasteiger charge is -2.26. The second kappa shape index (κ2) is 8.94. The average molecular weight is 512 g/mol. The van der Waals surface area contributed by atoms with Crippen LogP contribution in [0.5, 0.6) is 17.2 Å². The highest BCUT2D eigenvalue weighted by atomic mass is 16.7. The molecule has 0 spiro atoms. The van der Waals surface area contributed by atoms with Gasteiger partial charge in [-0.25, -0.2) is 0 Å². The van der Waals surface area contributed by atoms with E-state index in [2.05, 4.69) is 20.8 Å². The highest BCUT2D eigenvalue weighted by Gasteiger charge is 2.46. The van der Waals surface area contributed by atoms with Crippen molar-refractivity contribution < 1.29 is 28.9 Å². The van der Waals surface area contributed by atoms with E-state index in [0.717, 1.165) is 34.4 Å². The number of ketones is 1. The van der Waals surface area contributed by atoms with Crippen molar-refractivity contribution in [3.05, 3.63) is 94.1 Å². The molecule has 0 bridgehead atoms. The van der Waals surface area contributed by atoms with E-state index in [1.807, 2.05) is 42.5 Å². The van der Waals surface area contributed by atoms with Crippen LogP contribution in [0.4, 0.5) is 0 Å². The van der Waals surface area contributed by atoms with E-state index < -0.39 is 17.7 Å². The lowest BCUT2D eigenvalue weighted by molar-refractivity contribution is -0.140. The number of aliphatic hydroxyl groups excluding tert-OH is 1. The second-order valence-electron chi connectivity index (χ2n) is 10.9. The molecule has 1 fully saturated rings. The van der Waals surface area contributed by atoms with Crippen LogP contribution in [-0.4, -0.2) is 35.1 Å². The van der Waals surface area contributed by atoms with Gasteiger partial charge in [0.2, 0.25) is 6.79 Å². The van der Waals surface area contributed by atoms with Crippen LogP contribution in [0.15, 0.2) is 66.2 Å². The van der Waals surface area contributed by atoms with Gasteiger partial charge >= 0.3 is 0 Å². The number of carbonyl (C=O) groups excluding carboxylic acids is 2. The number of carbonyl (C=O) groups is 2. The van der Waals surface area contributed by atoms with Crippen LogP contribution in [0, 0.1) is 0 Å². The maximum atomic E-state index is 13.5. The van der Waals surface area contributed by atoms with Gasteiger partial charge in [-0.15, -0.1) is 0 Å². The second-order valence-corrected chi connectivity index (χ2v) is 10.9. The third kappa shape index (κ3) is 4.08. The molecule has 3 aromatic rings. The van der Waals surface area contributed by atoms with Gasteiger partial charge in [0.15, 0.2) is 11.5 Å². The summed E-state index contributed by atoms with van der Waals surface area (Å²) >= 11 is 0. The summed E-state index contributed by atoms with van der Waals surface area (Å²) in [7, 11) is 0. The number of hydrogen-bond donors (Lipinski definition) is 1. The third-order valence-electron chi connectivity index (χ3n) is 7.39. The predicted octanol–water partition coefficient (Wildman–Crippen LogP) is 5.27. The fraction of sp³-hybridized carbons (Fsp3) is 0.290. The first-order valence-electron chi connectivity index (χ1n) is 12.7. The fourth-order valence-electron chi connectivity index (χ4n) is 5.28. The van der Waals surface area contributed by atoms with E-state index in [1.54, 1.807) is 18.2 Å². The summed E-state index contributed by atoms with van der Waals surface area (Å²) in [6.45, 7) is 7.29. The Bertz CT molecular complexity index is 1480. The predicted molar refractivity (Wildman–Crippen MR) is 141 cm³/mol. The van der Waals surface area contributed by atoms with E-state index in [9.17, 15) is 14.7 Å². The van der Waals surface area contributed by atoms with Gasteiger partial charge in [-0.1, -0.05) is 51.1 Å². The Morgan fingerprint density at radius 3 is 2.42 bits per heavy atom. The largest absolute Gasteiger partial charge is 0.507 e. The Hall–Kier alpha value is -4.26. The molecule has 1 N–H and O–H groups in total. The van der Waals surface area contributed by atoms with Gasteiger partial charge in [0.25, 0.3) is 11.7 Å². The first-order valence-corrected chi connectivity index (χ1v) is 12.7. The molecule has 38 heavy (non-hydrogen) atoms. The monoisotopic (exact) mass is 511 g/mol. The molecule has 0 aromatic heterocycles. The van der Waals surface area contributed by atoms with Gasteiger partial charge in [-0.05, 0) is 58.0 Å². The molecule has 194 valence electrons. The fourth-order valence-corrected chi connectivity index (χ4v) is 5.28. The molecule has 3 aliphatic rings. The van der Waals surface area contributed by atoms with E-state index in [1.165, 1.54) is 4.90 Å². The minimum absolute atomic E-state index is 0.0562. The zero-order valence-electron chi connectivity index (χ0n) is 21.6. The Morgan fingerprint density at radius 1 is 0.921 bits per heavy atom. The molecule has 1 amide bonds. The minimum atomic E-state index is -0.751. The molecular weight excluding hydrogens is 482 g/mol. The van der Waals surface area contributed by atoms with Gasteiger partial charge in [0.05, 0.1) is 18.2 Å². The maximum absolute atomic E-state index is 13.5. The smallest absolute Gasteiger partial charge is 0.295 e. The number of rotatable bonds is 4. The molecule has 3 aliphatic heterocycles. The molecule has 6 rings (SSSR count). The van der Waals surface area contributed by atoms with Crippen molar-refractivity contribution in [3.63, 3.8) is 0 Å². The number of ether oxygens (including phenoxy) is 3. The summed E-state index contributed by atoms with van der Waals surface area (Å²) in [5, 5.41) is 11.5. The number of benzene rings is 3. The van der Waals surface area contributed by atoms with Crippen molar-refractivity contribution in [2.24, 2.45) is 0 Å². The highest BCUT2D eigenvalue weighted by Crippen LogP contribution is 2.42. The van der Waals surface area contributed by atoms with Gasteiger partial charge < -0.3 is 24.2 Å². The molecule has 1 atom stereocenters. The van der Waals surface area contributed by atoms with Gasteiger partial charge in [0.1, 0.15) is 11.5 Å². The van der Waals surface area contributed by atoms with Crippen LogP contribution in [0.2, 0.25) is 0 Å². The van der Waals surface area contributed by atoms with Gasteiger partial charge in [0, 0.05) is 18.5 Å². The third-order valence-corrected chi connectivity index (χ3v) is 7.39. The minimum Gasteiger partial charge on any atom is -0.507 e. The molecule has 1 unspecified atom stereocenters. The van der Waals surface area contributed by atoms with Crippen molar-refractivity contribution in [2.45, 2.75) is 45.2 Å². The van der Waals surface area contributed by atoms with Crippen LogP contribution >= 0.6 is 0 Å². The van der Waals surface area contributed by atoms with E-state index in [-0.39, 0.29) is 30.1 Å². The zero-order valence-corrected chi connectivity index (χ0v) is 21.6. The Morgan fingerprint density at radius 2 is 1.66 bits per heavy atom. The van der Waals surface area contributed by atoms with Crippen LogP contribution in [0.1, 0.15) is 54.6 Å². The summed E-state index contributed by atoms with van der Waals surface area (Å²) in [5.41, 5.74) is 4.16. The number of fused-ring (bicyclic) bond motifs is 2. The lowest BCUT2D eigenvalue weighted by Crippen LogP contribution is -2.29. The molecule has 7 nitrogen and oxygen atoms in total. The molecular formula is C31H29NO6. The van der Waals surface area contributed by atoms with Crippen LogP contribution in [-0.2, 0) is 28.0 Å². The van der Waals surface area contributed by atoms with E-state index in [4.69, 9.17) is 14.2 Å². The van der Waals surface area contributed by atoms with Gasteiger partial charge in [-0.3, -0.25) is 9.59 Å². The summed E-state index contributed by atoms with van der Waals surface area (Å²) in [5.74, 6) is 0.481. The lowest BCUT2D eigenvalue weighted by atomic mass is 9.85. The van der Waals surface area contributed by atoms with E-state index in [0.29, 0.717) is 23.7 Å². The van der Waals surface area contributed by atoms with Gasteiger partial charge in [-0.2, -0.15) is 0 Å². The Labute approximate surface area is 221 Å². The summed E-state index contributed by atoms with van der Waals surface area (Å²) in [4.78, 5) is 28.4. The number of aliphatic hydroxyl groups is 1. The van der Waals surface area contributed by atoms with Crippen LogP contribution in [0.3, 0.4) is 0 Å². The van der Waals surface area contributed by atoms with E-state index >= 15 is 0 Å². The summed E-state index contributed by atoms with van der Waals surface area (Å²) < 4.78 is 16.5. The quantitative estimate of drug-likeness (QED) is 0.292. The van der Waals surface area contributed by atoms with Crippen molar-refractivity contribution in [3.8, 4) is 17.2 Å². The maximum Gasteiger partial charge on any atom is 0.295 e. The molecule has 7 heteroatoms.